The summed E-state index contributed by atoms with van der Waals surface area (Å²) in [5.41, 5.74) is 0.130. The molecule has 2 atom stereocenters. The molecule has 1 amide bonds. The van der Waals surface area contributed by atoms with E-state index >= 15 is 0 Å². The van der Waals surface area contributed by atoms with E-state index in [0.29, 0.717) is 17.5 Å². The van der Waals surface area contributed by atoms with E-state index < -0.39 is 0 Å². The number of hydrogen-bond donors (Lipinski definition) is 1. The van der Waals surface area contributed by atoms with E-state index in [1.54, 1.807) is 0 Å². The number of rotatable bonds is 0. The maximum Gasteiger partial charge on any atom is 0.410 e. The number of nitrogens with one attached hydrogen (secondary N) is 1. The zero-order valence-corrected chi connectivity index (χ0v) is 12.4. The van der Waals surface area contributed by atoms with Crippen molar-refractivity contribution in [2.45, 2.75) is 70.6 Å². The average Bonchev–Trinajstić information content (AvgIpc) is 2.26. The monoisotopic (exact) mass is 266 g/mol. The number of carbonyl (C=O) groups is 1. The molecule has 0 aromatic carbocycles. The Balaban J connectivity index is 1.63. The molecular weight excluding hydrogens is 240 g/mol. The normalized spacial score (nSPS) is 32.9. The van der Waals surface area contributed by atoms with E-state index in [0.717, 1.165) is 13.1 Å². The third kappa shape index (κ3) is 2.47. The van der Waals surface area contributed by atoms with Gasteiger partial charge in [0.25, 0.3) is 0 Å². The van der Waals surface area contributed by atoms with Gasteiger partial charge in [-0.05, 0) is 71.4 Å². The fraction of sp³-hybridized carbons (Fsp3) is 0.933. The molecule has 19 heavy (non-hydrogen) atoms. The lowest BCUT2D eigenvalue weighted by molar-refractivity contribution is -0.0982. The number of nitrogens with zero attached hydrogens (tertiary/aromatic N) is 1. The lowest BCUT2D eigenvalue weighted by Gasteiger charge is -2.60. The highest BCUT2D eigenvalue weighted by molar-refractivity contribution is 5.70. The van der Waals surface area contributed by atoms with E-state index in [1.165, 1.54) is 32.1 Å². The molecule has 3 saturated heterocycles. The number of amides is 1. The summed E-state index contributed by atoms with van der Waals surface area (Å²) in [6, 6.07) is 0.874. The Bertz CT molecular complexity index is 355. The third-order valence-electron chi connectivity index (χ3n) is 4.94. The summed E-state index contributed by atoms with van der Waals surface area (Å²) in [5.74, 6) is 0. The minimum absolute atomic E-state index is 0.0995. The molecule has 2 bridgehead atoms. The van der Waals surface area contributed by atoms with Crippen LogP contribution in [0.1, 0.15) is 52.9 Å². The van der Waals surface area contributed by atoms with Crippen molar-refractivity contribution in [2.24, 2.45) is 5.41 Å². The van der Waals surface area contributed by atoms with Crippen LogP contribution in [0.5, 0.6) is 0 Å². The highest BCUT2D eigenvalue weighted by Crippen LogP contribution is 2.52. The first-order chi connectivity index (χ1) is 8.89. The Labute approximate surface area is 115 Å². The van der Waals surface area contributed by atoms with Crippen LogP contribution in [0.2, 0.25) is 0 Å². The molecule has 1 aliphatic carbocycles. The predicted octanol–water partition coefficient (Wildman–Crippen LogP) is 2.53. The molecule has 0 aromatic heterocycles. The van der Waals surface area contributed by atoms with E-state index in [9.17, 15) is 4.79 Å². The number of ether oxygens (including phenoxy) is 1. The van der Waals surface area contributed by atoms with Gasteiger partial charge < -0.3 is 15.0 Å². The van der Waals surface area contributed by atoms with Crippen molar-refractivity contribution in [1.29, 1.82) is 0 Å². The van der Waals surface area contributed by atoms with Crippen molar-refractivity contribution in [3.8, 4) is 0 Å². The van der Waals surface area contributed by atoms with Crippen LogP contribution in [-0.4, -0.2) is 41.8 Å². The average molecular weight is 266 g/mol. The Morgan fingerprint density at radius 1 is 1.21 bits per heavy atom. The second-order valence-corrected chi connectivity index (χ2v) is 7.59. The van der Waals surface area contributed by atoms with Gasteiger partial charge in [0.05, 0.1) is 0 Å². The number of carbonyl (C=O) groups excluding carboxylic acids is 1. The van der Waals surface area contributed by atoms with Gasteiger partial charge in [-0.1, -0.05) is 0 Å². The summed E-state index contributed by atoms with van der Waals surface area (Å²) >= 11 is 0. The van der Waals surface area contributed by atoms with Gasteiger partial charge in [0.2, 0.25) is 0 Å². The molecule has 4 aliphatic rings. The van der Waals surface area contributed by atoms with Crippen molar-refractivity contribution in [3.05, 3.63) is 0 Å². The lowest BCUT2D eigenvalue weighted by atomic mass is 9.60. The highest BCUT2D eigenvalue weighted by atomic mass is 16.6. The molecule has 4 fully saturated rings. The van der Waals surface area contributed by atoms with Gasteiger partial charge in [-0.3, -0.25) is 0 Å². The third-order valence-corrected chi connectivity index (χ3v) is 4.94. The first-order valence-corrected chi connectivity index (χ1v) is 7.61. The summed E-state index contributed by atoms with van der Waals surface area (Å²) in [7, 11) is 0. The van der Waals surface area contributed by atoms with Crippen molar-refractivity contribution in [3.63, 3.8) is 0 Å². The molecule has 4 nitrogen and oxygen atoms in total. The van der Waals surface area contributed by atoms with Gasteiger partial charge in [-0.25, -0.2) is 4.79 Å². The summed E-state index contributed by atoms with van der Waals surface area (Å²) in [4.78, 5) is 14.2. The first kappa shape index (κ1) is 13.2. The summed E-state index contributed by atoms with van der Waals surface area (Å²) in [5, 5.41) is 3.45. The highest BCUT2D eigenvalue weighted by Gasteiger charge is 2.54. The quantitative estimate of drug-likeness (QED) is 0.732. The molecule has 4 heteroatoms. The number of hydrogen-bond acceptors (Lipinski definition) is 3. The maximum absolute atomic E-state index is 12.2. The minimum Gasteiger partial charge on any atom is -0.444 e. The van der Waals surface area contributed by atoms with Crippen LogP contribution < -0.4 is 5.32 Å². The molecule has 4 rings (SSSR count). The van der Waals surface area contributed by atoms with Crippen LogP contribution in [0.4, 0.5) is 4.79 Å². The van der Waals surface area contributed by atoms with Gasteiger partial charge in [-0.15, -0.1) is 0 Å². The van der Waals surface area contributed by atoms with Gasteiger partial charge in [-0.2, -0.15) is 0 Å². The van der Waals surface area contributed by atoms with E-state index in [2.05, 4.69) is 5.32 Å². The van der Waals surface area contributed by atoms with E-state index in [1.807, 2.05) is 25.7 Å². The molecule has 1 saturated carbocycles. The standard InChI is InChI=1S/C15H26N2O2/c1-14(2,3)19-13(18)17-11-8-12(17)10-15(9-11)4-6-16-7-5-15/h11-12,16H,4-10H2,1-3H3. The van der Waals surface area contributed by atoms with Gasteiger partial charge in [0.15, 0.2) is 0 Å². The SMILES string of the molecule is CC(C)(C)OC(=O)N1C2CC1CC1(CCNCC1)C2. The molecule has 108 valence electrons. The Hall–Kier alpha value is -0.770. The summed E-state index contributed by atoms with van der Waals surface area (Å²) < 4.78 is 5.53. The zero-order valence-electron chi connectivity index (χ0n) is 12.4. The zero-order chi connectivity index (χ0) is 13.7. The molecule has 2 unspecified atom stereocenters. The fourth-order valence-electron chi connectivity index (χ4n) is 4.13. The Morgan fingerprint density at radius 2 is 1.79 bits per heavy atom. The second-order valence-electron chi connectivity index (χ2n) is 7.59. The topological polar surface area (TPSA) is 41.6 Å². The van der Waals surface area contributed by atoms with Crippen LogP contribution >= 0.6 is 0 Å². The van der Waals surface area contributed by atoms with Crippen LogP contribution in [0.15, 0.2) is 0 Å². The molecule has 3 aliphatic heterocycles. The Morgan fingerprint density at radius 3 is 2.32 bits per heavy atom. The molecule has 1 N–H and O–H groups in total. The first-order valence-electron chi connectivity index (χ1n) is 7.61. The predicted molar refractivity (Wildman–Crippen MR) is 74.0 cm³/mol. The molecule has 1 spiro atoms. The van der Waals surface area contributed by atoms with Crippen LogP contribution in [0.25, 0.3) is 0 Å². The van der Waals surface area contributed by atoms with Gasteiger partial charge in [0.1, 0.15) is 5.60 Å². The summed E-state index contributed by atoms with van der Waals surface area (Å²) in [6.07, 6.45) is 6.02. The molecule has 3 heterocycles. The second kappa shape index (κ2) is 4.37. The van der Waals surface area contributed by atoms with Crippen LogP contribution in [0.3, 0.4) is 0 Å². The van der Waals surface area contributed by atoms with Crippen molar-refractivity contribution in [1.82, 2.24) is 10.2 Å². The number of piperidine rings is 2. The summed E-state index contributed by atoms with van der Waals surface area (Å²) in [6.45, 7) is 8.11. The van der Waals surface area contributed by atoms with Gasteiger partial charge >= 0.3 is 6.09 Å². The smallest absolute Gasteiger partial charge is 0.410 e. The maximum atomic E-state index is 12.2. The van der Waals surface area contributed by atoms with E-state index in [-0.39, 0.29) is 11.7 Å². The molecule has 0 radical (unpaired) electrons. The van der Waals surface area contributed by atoms with Crippen LogP contribution in [0, 0.1) is 5.41 Å². The van der Waals surface area contributed by atoms with E-state index in [4.69, 9.17) is 4.74 Å². The van der Waals surface area contributed by atoms with Crippen molar-refractivity contribution < 1.29 is 9.53 Å². The van der Waals surface area contributed by atoms with Gasteiger partial charge in [0, 0.05) is 12.1 Å². The van der Waals surface area contributed by atoms with Crippen LogP contribution in [-0.2, 0) is 4.74 Å². The lowest BCUT2D eigenvalue weighted by Crippen LogP contribution is -2.66. The van der Waals surface area contributed by atoms with Crippen molar-refractivity contribution >= 4 is 6.09 Å². The Kier molecular flexibility index (Phi) is 3.04. The van der Waals surface area contributed by atoms with Crippen molar-refractivity contribution in [2.75, 3.05) is 13.1 Å². The molecular formula is C15H26N2O2. The fourth-order valence-corrected chi connectivity index (χ4v) is 4.13. The largest absolute Gasteiger partial charge is 0.444 e. The minimum atomic E-state index is -0.382. The molecule has 0 aromatic rings.